The number of sulfone groups is 1. The van der Waals surface area contributed by atoms with Crippen molar-refractivity contribution in [2.45, 2.75) is 31.9 Å². The summed E-state index contributed by atoms with van der Waals surface area (Å²) in [5, 5.41) is 2.57. The Morgan fingerprint density at radius 3 is 2.65 bits per heavy atom. The predicted molar refractivity (Wildman–Crippen MR) is 82.7 cm³/mol. The first-order chi connectivity index (χ1) is 9.26. The van der Waals surface area contributed by atoms with Crippen molar-refractivity contribution in [3.8, 4) is 0 Å². The van der Waals surface area contributed by atoms with Gasteiger partial charge in [-0.05, 0) is 31.5 Å². The molecule has 1 rings (SSSR count). The minimum absolute atomic E-state index is 0.0742. The molecule has 0 aliphatic rings. The van der Waals surface area contributed by atoms with Crippen LogP contribution in [0.5, 0.6) is 0 Å². The normalized spacial score (nSPS) is 12.9. The van der Waals surface area contributed by atoms with Crippen LogP contribution in [0.1, 0.15) is 26.7 Å². The predicted octanol–water partition coefficient (Wildman–Crippen LogP) is 2.46. The van der Waals surface area contributed by atoms with E-state index in [1.807, 2.05) is 0 Å². The first kappa shape index (κ1) is 16.8. The Kier molecular flexibility index (Phi) is 5.83. The highest BCUT2D eigenvalue weighted by atomic mass is 35.5. The van der Waals surface area contributed by atoms with E-state index in [0.29, 0.717) is 22.8 Å². The number of halogens is 1. The molecule has 0 fully saturated rings. The van der Waals surface area contributed by atoms with E-state index in [1.165, 1.54) is 6.07 Å². The summed E-state index contributed by atoms with van der Waals surface area (Å²) in [6, 6.07) is 4.71. The first-order valence-electron chi connectivity index (χ1n) is 6.32. The van der Waals surface area contributed by atoms with Crippen molar-refractivity contribution >= 4 is 38.7 Å². The Bertz CT molecular complexity index is 587. The zero-order valence-corrected chi connectivity index (χ0v) is 13.1. The lowest BCUT2D eigenvalue weighted by Gasteiger charge is -2.11. The molecule has 1 amide bonds. The number of nitrogens with one attached hydrogen (secondary N) is 1. The highest BCUT2D eigenvalue weighted by Gasteiger charge is 2.20. The third-order valence-electron chi connectivity index (χ3n) is 3.08. The van der Waals surface area contributed by atoms with E-state index >= 15 is 0 Å². The second kappa shape index (κ2) is 6.95. The number of rotatable bonds is 6. The number of anilines is 2. The summed E-state index contributed by atoms with van der Waals surface area (Å²) in [6.07, 6.45) is 0.465. The quantitative estimate of drug-likeness (QED) is 0.788. The number of carbonyl (C=O) groups excluding carboxylic acids is 1. The Morgan fingerprint density at radius 2 is 2.10 bits per heavy atom. The van der Waals surface area contributed by atoms with Crippen LogP contribution >= 0.6 is 11.6 Å². The molecule has 20 heavy (non-hydrogen) atoms. The van der Waals surface area contributed by atoms with Gasteiger partial charge >= 0.3 is 0 Å². The molecule has 0 saturated carbocycles. The molecule has 0 radical (unpaired) electrons. The summed E-state index contributed by atoms with van der Waals surface area (Å²) < 4.78 is 23.6. The summed E-state index contributed by atoms with van der Waals surface area (Å²) in [6.45, 7) is 3.45. The molecule has 1 atom stereocenters. The Labute approximate surface area is 124 Å². The summed E-state index contributed by atoms with van der Waals surface area (Å²) in [7, 11) is -3.22. The summed E-state index contributed by atoms with van der Waals surface area (Å²) >= 11 is 5.77. The fourth-order valence-corrected chi connectivity index (χ4v) is 3.03. The smallest absolute Gasteiger partial charge is 0.225 e. The van der Waals surface area contributed by atoms with Gasteiger partial charge in [0.05, 0.1) is 21.7 Å². The molecule has 0 aliphatic heterocycles. The zero-order valence-electron chi connectivity index (χ0n) is 11.5. The lowest BCUT2D eigenvalue weighted by molar-refractivity contribution is -0.115. The standard InChI is InChI=1S/C13H19ClN2O3S/c1-3-9(2)20(18,19)7-6-13(17)16-10-4-5-11(14)12(15)8-10/h4-5,8-9H,3,6-7,15H2,1-2H3,(H,16,17). The van der Waals surface area contributed by atoms with Crippen molar-refractivity contribution in [3.63, 3.8) is 0 Å². The van der Waals surface area contributed by atoms with Crippen LogP contribution in [-0.2, 0) is 14.6 Å². The Balaban J connectivity index is 2.58. The van der Waals surface area contributed by atoms with Gasteiger partial charge in [-0.3, -0.25) is 4.79 Å². The lowest BCUT2D eigenvalue weighted by Crippen LogP contribution is -2.24. The van der Waals surface area contributed by atoms with Crippen molar-refractivity contribution < 1.29 is 13.2 Å². The second-order valence-corrected chi connectivity index (χ2v) is 7.57. The molecule has 0 bridgehead atoms. The maximum Gasteiger partial charge on any atom is 0.225 e. The van der Waals surface area contributed by atoms with Crippen molar-refractivity contribution in [1.82, 2.24) is 0 Å². The van der Waals surface area contributed by atoms with E-state index < -0.39 is 15.1 Å². The molecule has 0 aliphatic carbocycles. The average Bonchev–Trinajstić information content (AvgIpc) is 2.40. The maximum atomic E-state index is 11.8. The van der Waals surface area contributed by atoms with E-state index in [0.717, 1.165) is 0 Å². The number of carbonyl (C=O) groups is 1. The second-order valence-electron chi connectivity index (χ2n) is 4.62. The topological polar surface area (TPSA) is 89.3 Å². The van der Waals surface area contributed by atoms with Crippen LogP contribution in [0.2, 0.25) is 5.02 Å². The fraction of sp³-hybridized carbons (Fsp3) is 0.462. The van der Waals surface area contributed by atoms with Crippen LogP contribution in [0.4, 0.5) is 11.4 Å². The molecule has 1 unspecified atom stereocenters. The van der Waals surface area contributed by atoms with Crippen molar-refractivity contribution in [3.05, 3.63) is 23.2 Å². The molecule has 0 saturated heterocycles. The number of nitrogen functional groups attached to an aromatic ring is 1. The van der Waals surface area contributed by atoms with E-state index in [2.05, 4.69) is 5.32 Å². The van der Waals surface area contributed by atoms with Crippen molar-refractivity contribution in [2.75, 3.05) is 16.8 Å². The van der Waals surface area contributed by atoms with E-state index in [-0.39, 0.29) is 18.1 Å². The van der Waals surface area contributed by atoms with Crippen LogP contribution < -0.4 is 11.1 Å². The number of hydrogen-bond acceptors (Lipinski definition) is 4. The monoisotopic (exact) mass is 318 g/mol. The summed E-state index contributed by atoms with van der Waals surface area (Å²) in [5.41, 5.74) is 6.47. The van der Waals surface area contributed by atoms with Crippen LogP contribution in [0.3, 0.4) is 0 Å². The molecule has 112 valence electrons. The van der Waals surface area contributed by atoms with Crippen LogP contribution in [0.15, 0.2) is 18.2 Å². The molecule has 1 aromatic rings. The SMILES string of the molecule is CCC(C)S(=O)(=O)CCC(=O)Nc1ccc(Cl)c(N)c1. The first-order valence-corrected chi connectivity index (χ1v) is 8.42. The molecular formula is C13H19ClN2O3S. The van der Waals surface area contributed by atoms with Gasteiger partial charge in [0, 0.05) is 12.1 Å². The van der Waals surface area contributed by atoms with Gasteiger partial charge in [-0.2, -0.15) is 0 Å². The number of amides is 1. The van der Waals surface area contributed by atoms with E-state index in [1.54, 1.807) is 26.0 Å². The van der Waals surface area contributed by atoms with Gasteiger partial charge in [-0.25, -0.2) is 8.42 Å². The third kappa shape index (κ3) is 4.68. The van der Waals surface area contributed by atoms with Gasteiger partial charge < -0.3 is 11.1 Å². The summed E-state index contributed by atoms with van der Waals surface area (Å²) in [4.78, 5) is 11.7. The van der Waals surface area contributed by atoms with Gasteiger partial charge in [-0.15, -0.1) is 0 Å². The Hall–Kier alpha value is -1.27. The number of benzene rings is 1. The molecule has 1 aromatic carbocycles. The highest BCUT2D eigenvalue weighted by Crippen LogP contribution is 2.22. The molecule has 5 nitrogen and oxygen atoms in total. The minimum atomic E-state index is -3.22. The molecule has 3 N–H and O–H groups in total. The third-order valence-corrected chi connectivity index (χ3v) is 5.76. The van der Waals surface area contributed by atoms with Crippen molar-refractivity contribution in [2.24, 2.45) is 0 Å². The van der Waals surface area contributed by atoms with Gasteiger partial charge in [0.15, 0.2) is 9.84 Å². The lowest BCUT2D eigenvalue weighted by atomic mass is 10.2. The average molecular weight is 319 g/mol. The van der Waals surface area contributed by atoms with Crippen molar-refractivity contribution in [1.29, 1.82) is 0 Å². The van der Waals surface area contributed by atoms with E-state index in [4.69, 9.17) is 17.3 Å². The van der Waals surface area contributed by atoms with Gasteiger partial charge in [-0.1, -0.05) is 18.5 Å². The van der Waals surface area contributed by atoms with Crippen LogP contribution in [-0.4, -0.2) is 25.3 Å². The number of hydrogen-bond donors (Lipinski definition) is 2. The largest absolute Gasteiger partial charge is 0.397 e. The van der Waals surface area contributed by atoms with Gasteiger partial charge in [0.2, 0.25) is 5.91 Å². The van der Waals surface area contributed by atoms with E-state index in [9.17, 15) is 13.2 Å². The molecule has 0 spiro atoms. The van der Waals surface area contributed by atoms with Gasteiger partial charge in [0.25, 0.3) is 0 Å². The Morgan fingerprint density at radius 1 is 1.45 bits per heavy atom. The molecular weight excluding hydrogens is 300 g/mol. The molecule has 0 aromatic heterocycles. The maximum absolute atomic E-state index is 11.8. The van der Waals surface area contributed by atoms with Gasteiger partial charge in [0.1, 0.15) is 0 Å². The number of nitrogens with two attached hydrogens (primary N) is 1. The molecule has 7 heteroatoms. The minimum Gasteiger partial charge on any atom is -0.397 e. The molecule has 0 heterocycles. The highest BCUT2D eigenvalue weighted by molar-refractivity contribution is 7.92. The summed E-state index contributed by atoms with van der Waals surface area (Å²) in [5.74, 6) is -0.518. The fourth-order valence-electron chi connectivity index (χ4n) is 1.54. The van der Waals surface area contributed by atoms with Crippen LogP contribution in [0, 0.1) is 0 Å². The van der Waals surface area contributed by atoms with Crippen LogP contribution in [0.25, 0.3) is 0 Å². The zero-order chi connectivity index (χ0) is 15.3.